The second-order valence-electron chi connectivity index (χ2n) is 5.00. The molecule has 2 heterocycles. The Hall–Kier alpha value is -1.66. The highest BCUT2D eigenvalue weighted by atomic mass is 16.3. The zero-order valence-corrected chi connectivity index (χ0v) is 10.8. The van der Waals surface area contributed by atoms with Crippen LogP contribution in [0.2, 0.25) is 0 Å². The number of aliphatic hydroxyl groups is 2. The number of rotatable bonds is 4. The van der Waals surface area contributed by atoms with Gasteiger partial charge in [0.2, 0.25) is 5.91 Å². The van der Waals surface area contributed by atoms with Gasteiger partial charge in [0.05, 0.1) is 19.3 Å². The molecule has 1 saturated heterocycles. The predicted molar refractivity (Wildman–Crippen MR) is 69.9 cm³/mol. The van der Waals surface area contributed by atoms with Gasteiger partial charge in [-0.15, -0.1) is 0 Å². The molecular weight excluding hydrogens is 248 g/mol. The highest BCUT2D eigenvalue weighted by Crippen LogP contribution is 2.21. The maximum absolute atomic E-state index is 12.2. The normalized spacial score (nSPS) is 20.9. The van der Waals surface area contributed by atoms with Crippen LogP contribution >= 0.6 is 0 Å². The Kier molecular flexibility index (Phi) is 4.01. The van der Waals surface area contributed by atoms with Crippen molar-refractivity contribution in [2.75, 3.05) is 18.1 Å². The third-order valence-electron chi connectivity index (χ3n) is 3.23. The van der Waals surface area contributed by atoms with Gasteiger partial charge in [0, 0.05) is 19.2 Å². The maximum Gasteiger partial charge on any atom is 0.274 e. The first-order valence-electron chi connectivity index (χ1n) is 6.31. The van der Waals surface area contributed by atoms with Crippen LogP contribution in [0.1, 0.15) is 13.3 Å². The molecule has 1 aromatic heterocycles. The highest BCUT2D eigenvalue weighted by Gasteiger charge is 2.29. The van der Waals surface area contributed by atoms with Crippen molar-refractivity contribution in [2.45, 2.75) is 26.0 Å². The zero-order valence-electron chi connectivity index (χ0n) is 10.8. The van der Waals surface area contributed by atoms with Crippen LogP contribution in [0, 0.1) is 5.92 Å². The van der Waals surface area contributed by atoms with Crippen molar-refractivity contribution < 1.29 is 15.0 Å². The summed E-state index contributed by atoms with van der Waals surface area (Å²) in [5.74, 6) is 0.189. The van der Waals surface area contributed by atoms with Crippen molar-refractivity contribution in [2.24, 2.45) is 5.92 Å². The molecule has 1 aliphatic heterocycles. The number of amides is 1. The Bertz CT molecular complexity index is 526. The van der Waals surface area contributed by atoms with Gasteiger partial charge in [0.1, 0.15) is 5.69 Å². The first kappa shape index (κ1) is 13.8. The molecule has 2 N–H and O–H groups in total. The molecule has 104 valence electrons. The lowest BCUT2D eigenvalue weighted by atomic mass is 10.2. The number of aliphatic hydroxyl groups excluding tert-OH is 2. The van der Waals surface area contributed by atoms with Gasteiger partial charge in [-0.05, 0) is 18.1 Å². The summed E-state index contributed by atoms with van der Waals surface area (Å²) in [6.45, 7) is 2.12. The van der Waals surface area contributed by atoms with E-state index in [9.17, 15) is 14.7 Å². The Morgan fingerprint density at radius 1 is 1.47 bits per heavy atom. The topological polar surface area (TPSA) is 82.8 Å². The van der Waals surface area contributed by atoms with E-state index >= 15 is 0 Å². The number of carbonyl (C=O) groups excluding carboxylic acids is 1. The van der Waals surface area contributed by atoms with E-state index in [2.05, 4.69) is 0 Å². The molecule has 1 aliphatic rings. The molecule has 6 heteroatoms. The van der Waals surface area contributed by atoms with E-state index in [1.807, 2.05) is 6.92 Å². The van der Waals surface area contributed by atoms with Gasteiger partial charge in [-0.25, -0.2) is 0 Å². The van der Waals surface area contributed by atoms with E-state index in [0.717, 1.165) is 0 Å². The summed E-state index contributed by atoms with van der Waals surface area (Å²) in [5.41, 5.74) is 0.0134. The highest BCUT2D eigenvalue weighted by molar-refractivity contribution is 5.95. The molecule has 2 unspecified atom stereocenters. The lowest BCUT2D eigenvalue weighted by Gasteiger charge is -2.17. The summed E-state index contributed by atoms with van der Waals surface area (Å²) in [6.07, 6.45) is 1.00. The Morgan fingerprint density at radius 2 is 2.21 bits per heavy atom. The maximum atomic E-state index is 12.2. The number of hydrogen-bond acceptors (Lipinski definition) is 4. The van der Waals surface area contributed by atoms with Gasteiger partial charge in [-0.3, -0.25) is 9.59 Å². The Morgan fingerprint density at radius 3 is 2.79 bits per heavy atom. The van der Waals surface area contributed by atoms with Crippen LogP contribution in [-0.4, -0.2) is 39.9 Å². The molecule has 19 heavy (non-hydrogen) atoms. The average Bonchev–Trinajstić information content (AvgIpc) is 2.71. The van der Waals surface area contributed by atoms with Crippen LogP contribution in [0.5, 0.6) is 0 Å². The molecule has 2 rings (SSSR count). The predicted octanol–water partition coefficient (Wildman–Crippen LogP) is -0.426. The van der Waals surface area contributed by atoms with Crippen molar-refractivity contribution in [1.29, 1.82) is 0 Å². The lowest BCUT2D eigenvalue weighted by molar-refractivity contribution is -0.117. The summed E-state index contributed by atoms with van der Waals surface area (Å²) >= 11 is 0. The second kappa shape index (κ2) is 5.54. The molecule has 6 nitrogen and oxygen atoms in total. The molecule has 0 spiro atoms. The van der Waals surface area contributed by atoms with Crippen molar-refractivity contribution in [1.82, 2.24) is 4.57 Å². The quantitative estimate of drug-likeness (QED) is 0.775. The molecule has 0 aliphatic carbocycles. The molecule has 0 saturated carbocycles. The summed E-state index contributed by atoms with van der Waals surface area (Å²) in [7, 11) is 0. The third kappa shape index (κ3) is 2.85. The fraction of sp³-hybridized carbons (Fsp3) is 0.538. The first-order valence-corrected chi connectivity index (χ1v) is 6.31. The number of carbonyl (C=O) groups is 1. The Balaban J connectivity index is 2.30. The van der Waals surface area contributed by atoms with Crippen molar-refractivity contribution in [3.05, 3.63) is 28.7 Å². The van der Waals surface area contributed by atoms with E-state index in [0.29, 0.717) is 18.7 Å². The minimum Gasteiger partial charge on any atom is -0.394 e. The smallest absolute Gasteiger partial charge is 0.274 e. The molecule has 0 aromatic carbocycles. The summed E-state index contributed by atoms with van der Waals surface area (Å²) < 4.78 is 1.31. The fourth-order valence-electron chi connectivity index (χ4n) is 2.28. The van der Waals surface area contributed by atoms with Crippen LogP contribution in [0.3, 0.4) is 0 Å². The molecule has 2 atom stereocenters. The summed E-state index contributed by atoms with van der Waals surface area (Å²) in [6, 6.07) is 3.27. The molecule has 1 aromatic rings. The number of aromatic nitrogens is 1. The number of hydrogen-bond donors (Lipinski definition) is 2. The molecule has 0 bridgehead atoms. The first-order chi connectivity index (χ1) is 9.02. The van der Waals surface area contributed by atoms with Gasteiger partial charge < -0.3 is 19.7 Å². The van der Waals surface area contributed by atoms with Crippen molar-refractivity contribution in [3.8, 4) is 0 Å². The third-order valence-corrected chi connectivity index (χ3v) is 3.23. The number of anilines is 1. The van der Waals surface area contributed by atoms with Crippen LogP contribution in [0.25, 0.3) is 0 Å². The van der Waals surface area contributed by atoms with Crippen LogP contribution in [-0.2, 0) is 11.3 Å². The molecule has 0 radical (unpaired) electrons. The van der Waals surface area contributed by atoms with E-state index in [1.165, 1.54) is 15.7 Å². The van der Waals surface area contributed by atoms with Crippen LogP contribution in [0.4, 0.5) is 5.69 Å². The SMILES string of the molecule is CC1CC(=O)N(c2cccn(CC(O)CO)c2=O)C1. The van der Waals surface area contributed by atoms with Crippen molar-refractivity contribution in [3.63, 3.8) is 0 Å². The second-order valence-corrected chi connectivity index (χ2v) is 5.00. The summed E-state index contributed by atoms with van der Waals surface area (Å²) in [4.78, 5) is 25.5. The minimum atomic E-state index is -0.985. The van der Waals surface area contributed by atoms with Gasteiger partial charge in [0.25, 0.3) is 5.56 Å². The van der Waals surface area contributed by atoms with Crippen LogP contribution < -0.4 is 10.5 Å². The number of nitrogens with zero attached hydrogens (tertiary/aromatic N) is 2. The van der Waals surface area contributed by atoms with Crippen LogP contribution in [0.15, 0.2) is 23.1 Å². The van der Waals surface area contributed by atoms with Gasteiger partial charge >= 0.3 is 0 Å². The lowest BCUT2D eigenvalue weighted by Crippen LogP contribution is -2.35. The summed E-state index contributed by atoms with van der Waals surface area (Å²) in [5, 5.41) is 18.2. The van der Waals surface area contributed by atoms with E-state index in [1.54, 1.807) is 12.1 Å². The van der Waals surface area contributed by atoms with E-state index in [4.69, 9.17) is 5.11 Å². The monoisotopic (exact) mass is 266 g/mol. The Labute approximate surface area is 110 Å². The fourth-order valence-corrected chi connectivity index (χ4v) is 2.28. The van der Waals surface area contributed by atoms with Gasteiger partial charge in [0.15, 0.2) is 0 Å². The molecule has 1 fully saturated rings. The molecule has 1 amide bonds. The minimum absolute atomic E-state index is 0.0146. The number of pyridine rings is 1. The molecular formula is C13H18N2O4. The van der Waals surface area contributed by atoms with Gasteiger partial charge in [-0.2, -0.15) is 0 Å². The van der Waals surface area contributed by atoms with Crippen molar-refractivity contribution >= 4 is 11.6 Å². The van der Waals surface area contributed by atoms with E-state index in [-0.39, 0.29) is 23.9 Å². The zero-order chi connectivity index (χ0) is 14.0. The standard InChI is InChI=1S/C13H18N2O4/c1-9-5-12(18)15(6-9)11-3-2-4-14(13(11)19)7-10(17)8-16/h2-4,9-10,16-17H,5-8H2,1H3. The average molecular weight is 266 g/mol. The largest absolute Gasteiger partial charge is 0.394 e. The van der Waals surface area contributed by atoms with E-state index < -0.39 is 12.7 Å². The van der Waals surface area contributed by atoms with Gasteiger partial charge in [-0.1, -0.05) is 6.92 Å².